The van der Waals surface area contributed by atoms with Crippen LogP contribution in [0.5, 0.6) is 11.8 Å². The van der Waals surface area contributed by atoms with E-state index >= 15 is 0 Å². The molecule has 4 spiro atoms. The normalized spacial score (nSPS) is 21.6. The molecule has 0 bridgehead atoms. The molecule has 2 saturated heterocycles. The summed E-state index contributed by atoms with van der Waals surface area (Å²) in [7, 11) is -8.66. The Labute approximate surface area is 615 Å². The maximum Gasteiger partial charge on any atom is 0.410 e. The van der Waals surface area contributed by atoms with Crippen molar-refractivity contribution >= 4 is 72.8 Å². The number of amides is 3. The highest BCUT2D eigenvalue weighted by atomic mass is 35.5. The first-order valence-corrected chi connectivity index (χ1v) is 40.4. The summed E-state index contributed by atoms with van der Waals surface area (Å²) in [4.78, 5) is 58.3. The van der Waals surface area contributed by atoms with Gasteiger partial charge in [0.1, 0.15) is 27.5 Å². The number of rotatable bonds is 28. The third-order valence-corrected chi connectivity index (χ3v) is 26.5. The van der Waals surface area contributed by atoms with Gasteiger partial charge in [-0.1, -0.05) is 63.0 Å². The fourth-order valence-electron chi connectivity index (χ4n) is 17.6. The summed E-state index contributed by atoms with van der Waals surface area (Å²) in [5.74, 6) is 3.68. The molecule has 6 aliphatic carbocycles. The highest BCUT2D eigenvalue weighted by Gasteiger charge is 2.86. The number of hydrogen-bond acceptors (Lipinski definition) is 19. The number of anilines is 2. The van der Waals surface area contributed by atoms with Crippen molar-refractivity contribution in [2.24, 2.45) is 57.2 Å². The van der Waals surface area contributed by atoms with Crippen molar-refractivity contribution in [2.45, 2.75) is 218 Å². The molecular formula is C75H100Cl2N14O10S2. The molecular weight excluding hydrogens is 1390 g/mol. The van der Waals surface area contributed by atoms with Gasteiger partial charge < -0.3 is 35.1 Å². The van der Waals surface area contributed by atoms with Gasteiger partial charge in [0.15, 0.2) is 21.7 Å². The molecule has 556 valence electrons. The van der Waals surface area contributed by atoms with Crippen LogP contribution in [0.2, 0.25) is 10.3 Å². The smallest absolute Gasteiger partial charge is 0.410 e. The maximum absolute atomic E-state index is 13.4. The van der Waals surface area contributed by atoms with Crippen LogP contribution in [-0.4, -0.2) is 134 Å². The number of halogens is 2. The minimum atomic E-state index is -4.37. The van der Waals surface area contributed by atoms with E-state index in [0.717, 1.165) is 69.7 Å². The number of fused-ring (bicyclic) bond motifs is 2. The van der Waals surface area contributed by atoms with Crippen molar-refractivity contribution in [3.8, 4) is 23.4 Å². The molecule has 6 aromatic rings. The van der Waals surface area contributed by atoms with Gasteiger partial charge in [0.25, 0.3) is 31.9 Å². The summed E-state index contributed by atoms with van der Waals surface area (Å²) in [6, 6.07) is 18.9. The van der Waals surface area contributed by atoms with E-state index in [1.807, 2.05) is 25.7 Å². The van der Waals surface area contributed by atoms with Crippen molar-refractivity contribution in [3.63, 3.8) is 0 Å². The highest BCUT2D eigenvalue weighted by molar-refractivity contribution is 7.90. The molecule has 8 aliphatic rings. The molecule has 2 unspecified atom stereocenters. The third kappa shape index (κ3) is 16.0. The average molecular weight is 1490 g/mol. The van der Waals surface area contributed by atoms with Crippen molar-refractivity contribution in [3.05, 3.63) is 107 Å². The number of aromatic nitrogens is 8. The van der Waals surface area contributed by atoms with Gasteiger partial charge in [0.2, 0.25) is 11.8 Å². The van der Waals surface area contributed by atoms with Gasteiger partial charge in [0.05, 0.1) is 24.3 Å². The monoisotopic (exact) mass is 1490 g/mol. The summed E-state index contributed by atoms with van der Waals surface area (Å²) >= 11 is 12.8. The number of carbonyl (C=O) groups excluding carboxylic acids is 3. The van der Waals surface area contributed by atoms with Crippen molar-refractivity contribution in [1.82, 2.24) is 59.2 Å². The zero-order chi connectivity index (χ0) is 73.5. The van der Waals surface area contributed by atoms with E-state index in [1.54, 1.807) is 60.9 Å². The molecule has 3 amide bonds. The lowest BCUT2D eigenvalue weighted by molar-refractivity contribution is 0.0130. The molecule has 8 heterocycles. The SMILES string of the molecule is CC(C)C(CC[C@H]1CN(C(=O)OC(C)(C)C)C(C)(C)C1)Nc1cccc(S(=O)(=O)NC(=O)c2ccc(-n3ccc(OCCC4C5(CC5)C45CC5)n3)nc2Cl)n1.CC(C)C(CC[C@H]1CNC(C)(C)C1)Nc1cccc(S(=O)(=O)NC(=O)c2ccc(-n3ccc(OCCC4C5(CC5)C45CC5)n3)nc2Cl)n1. The van der Waals surface area contributed by atoms with E-state index in [1.165, 1.54) is 85.0 Å². The maximum atomic E-state index is 13.4. The van der Waals surface area contributed by atoms with Gasteiger partial charge in [-0.2, -0.15) is 16.8 Å². The van der Waals surface area contributed by atoms with Gasteiger partial charge in [-0.3, -0.25) is 9.59 Å². The Bertz CT molecular complexity index is 4370. The molecule has 28 heteroatoms. The highest BCUT2D eigenvalue weighted by Crippen LogP contribution is 2.94. The number of likely N-dealkylation sites (tertiary alicyclic amines) is 1. The second-order valence-corrected chi connectivity index (χ2v) is 37.2. The number of nitrogens with zero attached hydrogens (tertiary/aromatic N) is 9. The zero-order valence-electron chi connectivity index (χ0n) is 61.0. The van der Waals surface area contributed by atoms with E-state index < -0.39 is 37.5 Å². The van der Waals surface area contributed by atoms with E-state index in [9.17, 15) is 31.2 Å². The van der Waals surface area contributed by atoms with Crippen LogP contribution in [0.15, 0.2) is 95.2 Å². The number of pyridine rings is 4. The number of sulfonamides is 2. The quantitative estimate of drug-likeness (QED) is 0.0285. The molecule has 6 aromatic heterocycles. The molecule has 4 atom stereocenters. The predicted molar refractivity (Wildman–Crippen MR) is 393 cm³/mol. The minimum absolute atomic E-state index is 0.0213. The second-order valence-electron chi connectivity index (χ2n) is 33.3. The first-order valence-electron chi connectivity index (χ1n) is 36.7. The Morgan fingerprint density at radius 1 is 0.583 bits per heavy atom. The largest absolute Gasteiger partial charge is 0.477 e. The van der Waals surface area contributed by atoms with Crippen LogP contribution >= 0.6 is 23.2 Å². The third-order valence-electron chi connectivity index (χ3n) is 23.4. The Morgan fingerprint density at radius 2 is 1.01 bits per heavy atom. The Hall–Kier alpha value is -7.13. The van der Waals surface area contributed by atoms with Gasteiger partial charge in [-0.05, 0) is 263 Å². The van der Waals surface area contributed by atoms with E-state index in [4.69, 9.17) is 37.4 Å². The lowest BCUT2D eigenvalue weighted by Gasteiger charge is -2.33. The number of nitrogens with one attached hydrogen (secondary N) is 5. The van der Waals surface area contributed by atoms with Crippen molar-refractivity contribution < 1.29 is 45.4 Å². The Balaban J connectivity index is 0.000000185. The van der Waals surface area contributed by atoms with Crippen LogP contribution in [0.4, 0.5) is 16.4 Å². The van der Waals surface area contributed by atoms with Crippen LogP contribution in [0, 0.1) is 57.2 Å². The number of carbonyl (C=O) groups is 3. The van der Waals surface area contributed by atoms with Crippen LogP contribution in [0.1, 0.15) is 200 Å². The average Bonchev–Trinajstić information content (AvgIpc) is 1.45. The van der Waals surface area contributed by atoms with Crippen molar-refractivity contribution in [2.75, 3.05) is 36.9 Å². The zero-order valence-corrected chi connectivity index (χ0v) is 64.2. The molecule has 6 saturated carbocycles. The van der Waals surface area contributed by atoms with Crippen LogP contribution < -0.4 is 34.9 Å². The van der Waals surface area contributed by atoms with Gasteiger partial charge in [-0.25, -0.2) is 43.5 Å². The summed E-state index contributed by atoms with van der Waals surface area (Å²) < 4.78 is 78.0. The molecule has 0 aromatic carbocycles. The fourth-order valence-corrected chi connectivity index (χ4v) is 19.9. The molecule has 103 heavy (non-hydrogen) atoms. The molecule has 2 aliphatic heterocycles. The Morgan fingerprint density at radius 3 is 1.39 bits per heavy atom. The van der Waals surface area contributed by atoms with Crippen LogP contribution in [0.25, 0.3) is 11.6 Å². The second kappa shape index (κ2) is 28.0. The molecule has 8 fully saturated rings. The molecule has 24 nitrogen and oxygen atoms in total. The first-order chi connectivity index (χ1) is 48.6. The summed E-state index contributed by atoms with van der Waals surface area (Å²) in [6.07, 6.45) is 21.9. The fraction of sp³-hybridized carbons (Fsp3) is 0.613. The molecule has 0 radical (unpaired) electrons. The predicted octanol–water partition coefficient (Wildman–Crippen LogP) is 13.6. The van der Waals surface area contributed by atoms with E-state index in [2.05, 4.69) is 111 Å². The number of hydrogen-bond donors (Lipinski definition) is 5. The standard InChI is InChI=1S/C40H54ClN7O6S.C35H46ClN7O4S/c1-25(2)28(13-11-26-23-38(6,7)47(24-26)36(50)54-37(3,4)5)42-30-9-8-10-33(43-30)55(51,52)46-35(49)27-12-14-31(44-34(27)41)48-21-15-32(45-48)53-22-16-29-39(17-18-39)40(29)19-20-40;1-22(2)25(10-8-23-20-33(3,4)37-21-23)38-27-6-5-7-30(39-27)48(45,46)42-32(44)24-9-11-28(40-31(24)36)43-18-12-29(41-43)47-19-13-26-34(14-15-34)35(26)16-17-35/h8-10,12,14-15,21,25-26,28-29H,11,13,16-20,22-24H2,1-7H3,(H,42,43)(H,46,49);5-7,9,11-12,18,22-23,25-26,37H,8,10,13-17,19-21H2,1-4H3,(H,38,39)(H,42,44)/t26-,28?;23-,25?/m11/s1. The van der Waals surface area contributed by atoms with E-state index in [0.29, 0.717) is 88.3 Å². The number of ether oxygens (including phenoxy) is 3. The summed E-state index contributed by atoms with van der Waals surface area (Å²) in [5.41, 5.74) is 1.67. The first kappa shape index (κ1) is 74.2. The van der Waals surface area contributed by atoms with Gasteiger partial charge >= 0.3 is 6.09 Å². The minimum Gasteiger partial charge on any atom is -0.477 e. The van der Waals surface area contributed by atoms with Gasteiger partial charge in [-0.15, -0.1) is 10.2 Å². The summed E-state index contributed by atoms with van der Waals surface area (Å²) in [6.45, 7) is 25.5. The van der Waals surface area contributed by atoms with E-state index in [-0.39, 0.29) is 72.6 Å². The lowest BCUT2D eigenvalue weighted by atomic mass is 9.89. The van der Waals surface area contributed by atoms with Crippen LogP contribution in [0.3, 0.4) is 0 Å². The topological polar surface area (TPSA) is 298 Å². The Kier molecular flexibility index (Phi) is 20.1. The molecule has 14 rings (SSSR count). The summed E-state index contributed by atoms with van der Waals surface area (Å²) in [5, 5.41) is 18.4. The van der Waals surface area contributed by atoms with Crippen molar-refractivity contribution in [1.29, 1.82) is 0 Å². The van der Waals surface area contributed by atoms with Gasteiger partial charge in [0, 0.05) is 54.2 Å². The molecule has 5 N–H and O–H groups in total. The lowest BCUT2D eigenvalue weighted by Crippen LogP contribution is -2.45. The van der Waals surface area contributed by atoms with Crippen LogP contribution in [-0.2, 0) is 24.8 Å².